The number of rotatable bonds is 9. The zero-order chi connectivity index (χ0) is 17.4. The normalized spacial score (nSPS) is 19.9. The Morgan fingerprint density at radius 3 is 3.17 bits per heavy atom. The van der Waals surface area contributed by atoms with Gasteiger partial charge in [0.05, 0.1) is 25.9 Å². The van der Waals surface area contributed by atoms with E-state index >= 15 is 0 Å². The molecule has 0 aromatic heterocycles. The Bertz CT molecular complexity index is 526. The summed E-state index contributed by atoms with van der Waals surface area (Å²) in [5, 5.41) is 9.97. The zero-order valence-corrected chi connectivity index (χ0v) is 14.1. The van der Waals surface area contributed by atoms with E-state index < -0.39 is 6.10 Å². The van der Waals surface area contributed by atoms with Crippen molar-refractivity contribution in [2.24, 2.45) is 0 Å². The average Bonchev–Trinajstić information content (AvgIpc) is 2.56. The minimum Gasteiger partial charge on any atom is -0.488 e. The number of morpholine rings is 1. The van der Waals surface area contributed by atoms with Crippen LogP contribution in [0.5, 0.6) is 5.75 Å². The van der Waals surface area contributed by atoms with Gasteiger partial charge in [0.2, 0.25) is 0 Å². The summed E-state index contributed by atoms with van der Waals surface area (Å²) in [5.74, 6) is -0.128. The van der Waals surface area contributed by atoms with E-state index in [2.05, 4.69) is 11.5 Å². The minimum absolute atomic E-state index is 0.153. The van der Waals surface area contributed by atoms with E-state index in [1.807, 2.05) is 6.92 Å². The van der Waals surface area contributed by atoms with Crippen molar-refractivity contribution < 1.29 is 23.7 Å². The van der Waals surface area contributed by atoms with Crippen molar-refractivity contribution in [1.29, 1.82) is 0 Å². The maximum atomic E-state index is 13.7. The van der Waals surface area contributed by atoms with Crippen LogP contribution in [-0.2, 0) is 9.47 Å². The second kappa shape index (κ2) is 9.74. The summed E-state index contributed by atoms with van der Waals surface area (Å²) >= 11 is 0. The first-order valence-electron chi connectivity index (χ1n) is 8.18. The highest BCUT2D eigenvalue weighted by Gasteiger charge is 2.23. The maximum absolute atomic E-state index is 13.7. The first-order chi connectivity index (χ1) is 11.6. The molecule has 1 aromatic rings. The van der Waals surface area contributed by atoms with Crippen molar-refractivity contribution in [2.45, 2.75) is 19.1 Å². The Balaban J connectivity index is 1.76. The van der Waals surface area contributed by atoms with Gasteiger partial charge in [-0.1, -0.05) is 12.1 Å². The summed E-state index contributed by atoms with van der Waals surface area (Å²) in [5.41, 5.74) is 0.945. The fraction of sp³-hybridized carbons (Fsp3) is 0.556. The van der Waals surface area contributed by atoms with E-state index in [-0.39, 0.29) is 30.9 Å². The highest BCUT2D eigenvalue weighted by molar-refractivity contribution is 5.29. The van der Waals surface area contributed by atoms with Gasteiger partial charge in [-0.25, -0.2) is 4.39 Å². The van der Waals surface area contributed by atoms with Crippen molar-refractivity contribution in [2.75, 3.05) is 46.1 Å². The second-order valence-corrected chi connectivity index (χ2v) is 5.98. The second-order valence-electron chi connectivity index (χ2n) is 5.98. The molecule has 6 heteroatoms. The lowest BCUT2D eigenvalue weighted by Crippen LogP contribution is -2.48. The molecule has 2 rings (SSSR count). The van der Waals surface area contributed by atoms with Gasteiger partial charge in [0.25, 0.3) is 0 Å². The van der Waals surface area contributed by atoms with Crippen LogP contribution in [0.3, 0.4) is 0 Å². The molecule has 0 amide bonds. The molecule has 0 radical (unpaired) electrons. The highest BCUT2D eigenvalue weighted by atomic mass is 19.1. The van der Waals surface area contributed by atoms with Gasteiger partial charge in [-0.05, 0) is 24.6 Å². The third kappa shape index (κ3) is 6.20. The quantitative estimate of drug-likeness (QED) is 0.549. The van der Waals surface area contributed by atoms with Gasteiger partial charge < -0.3 is 19.3 Å². The smallest absolute Gasteiger partial charge is 0.165 e. The van der Waals surface area contributed by atoms with E-state index in [1.165, 1.54) is 6.07 Å². The number of ether oxygens (including phenoxy) is 3. The molecule has 1 aliphatic heterocycles. The van der Waals surface area contributed by atoms with Crippen molar-refractivity contribution >= 4 is 0 Å². The largest absolute Gasteiger partial charge is 0.488 e. The molecule has 0 saturated carbocycles. The third-order valence-corrected chi connectivity index (χ3v) is 3.75. The molecule has 1 fully saturated rings. The predicted molar refractivity (Wildman–Crippen MR) is 89.8 cm³/mol. The topological polar surface area (TPSA) is 51.2 Å². The van der Waals surface area contributed by atoms with Crippen LogP contribution in [0.1, 0.15) is 5.56 Å². The van der Waals surface area contributed by atoms with Crippen LogP contribution in [0.4, 0.5) is 4.39 Å². The van der Waals surface area contributed by atoms with E-state index in [4.69, 9.17) is 14.2 Å². The lowest BCUT2D eigenvalue weighted by Gasteiger charge is -2.33. The summed E-state index contributed by atoms with van der Waals surface area (Å²) in [6.07, 6.45) is 0.943. The van der Waals surface area contributed by atoms with E-state index in [0.717, 1.165) is 12.1 Å². The van der Waals surface area contributed by atoms with E-state index in [0.29, 0.717) is 26.3 Å². The molecule has 2 atom stereocenters. The monoisotopic (exact) mass is 339 g/mol. The van der Waals surface area contributed by atoms with Gasteiger partial charge in [-0.2, -0.15) is 0 Å². The van der Waals surface area contributed by atoms with Gasteiger partial charge in [0, 0.05) is 19.6 Å². The zero-order valence-electron chi connectivity index (χ0n) is 14.1. The summed E-state index contributed by atoms with van der Waals surface area (Å²) in [4.78, 5) is 2.10. The first-order valence-corrected chi connectivity index (χ1v) is 8.18. The number of hydrogen-bond donors (Lipinski definition) is 1. The Labute approximate surface area is 142 Å². The summed E-state index contributed by atoms with van der Waals surface area (Å²) in [6.45, 7) is 8.88. The molecule has 1 saturated heterocycles. The predicted octanol–water partition coefficient (Wildman–Crippen LogP) is 1.78. The van der Waals surface area contributed by atoms with Crippen LogP contribution in [0.2, 0.25) is 0 Å². The Morgan fingerprint density at radius 1 is 1.54 bits per heavy atom. The van der Waals surface area contributed by atoms with Gasteiger partial charge in [-0.3, -0.25) is 4.90 Å². The average molecular weight is 339 g/mol. The van der Waals surface area contributed by atoms with Crippen molar-refractivity contribution in [3.05, 3.63) is 42.2 Å². The fourth-order valence-corrected chi connectivity index (χ4v) is 2.59. The van der Waals surface area contributed by atoms with Gasteiger partial charge in [-0.15, -0.1) is 6.58 Å². The van der Waals surface area contributed by atoms with Crippen LogP contribution in [0.25, 0.3) is 0 Å². The van der Waals surface area contributed by atoms with Crippen LogP contribution < -0.4 is 4.74 Å². The van der Waals surface area contributed by atoms with Crippen LogP contribution in [0.15, 0.2) is 30.9 Å². The van der Waals surface area contributed by atoms with Gasteiger partial charge in [0.1, 0.15) is 12.7 Å². The number of β-amino-alcohol motifs (C(OH)–C–C–N with tert-alkyl or cyclic N) is 1. The van der Waals surface area contributed by atoms with Crippen LogP contribution >= 0.6 is 0 Å². The van der Waals surface area contributed by atoms with Gasteiger partial charge >= 0.3 is 0 Å². The molecular formula is C18H26FNO4. The Morgan fingerprint density at radius 2 is 2.38 bits per heavy atom. The maximum Gasteiger partial charge on any atom is 0.165 e. The summed E-state index contributed by atoms with van der Waals surface area (Å²) in [6, 6.07) is 4.78. The Kier molecular flexibility index (Phi) is 7.65. The van der Waals surface area contributed by atoms with Crippen molar-refractivity contribution in [3.8, 4) is 5.75 Å². The lowest BCUT2D eigenvalue weighted by molar-refractivity contribution is -0.0639. The molecule has 5 nitrogen and oxygen atoms in total. The number of aryl methyl sites for hydroxylation is 1. The molecule has 0 bridgehead atoms. The van der Waals surface area contributed by atoms with Gasteiger partial charge in [0.15, 0.2) is 11.6 Å². The molecule has 24 heavy (non-hydrogen) atoms. The molecule has 0 spiro atoms. The molecule has 1 aliphatic rings. The number of nitrogens with zero attached hydrogens (tertiary/aromatic N) is 1. The number of aliphatic hydroxyl groups is 1. The lowest BCUT2D eigenvalue weighted by atomic mass is 10.2. The molecule has 1 aromatic carbocycles. The molecule has 0 unspecified atom stereocenters. The minimum atomic E-state index is -0.557. The summed E-state index contributed by atoms with van der Waals surface area (Å²) in [7, 11) is 0. The third-order valence-electron chi connectivity index (χ3n) is 3.75. The standard InChI is InChI=1S/C18H26FNO4/c1-3-7-22-12-15(21)10-20-6-8-23-16(11-20)13-24-18-9-14(2)4-5-17(18)19/h3-5,9,15-16,21H,1,6-8,10-13H2,2H3/t15-,16-/m1/s1. The molecule has 1 heterocycles. The van der Waals surface area contributed by atoms with Crippen molar-refractivity contribution in [1.82, 2.24) is 4.90 Å². The molecule has 0 aliphatic carbocycles. The first kappa shape index (κ1) is 18.9. The Hall–Kier alpha value is -1.47. The molecular weight excluding hydrogens is 313 g/mol. The highest BCUT2D eigenvalue weighted by Crippen LogP contribution is 2.19. The summed E-state index contributed by atoms with van der Waals surface area (Å²) < 4.78 is 30.2. The van der Waals surface area contributed by atoms with E-state index in [9.17, 15) is 9.50 Å². The SMILES string of the molecule is C=CCOC[C@H](O)CN1CCO[C@@H](COc2cc(C)ccc2F)C1. The number of halogens is 1. The van der Waals surface area contributed by atoms with Crippen molar-refractivity contribution in [3.63, 3.8) is 0 Å². The molecule has 1 N–H and O–H groups in total. The molecule has 134 valence electrons. The fourth-order valence-electron chi connectivity index (χ4n) is 2.59. The van der Waals surface area contributed by atoms with E-state index in [1.54, 1.807) is 18.2 Å². The van der Waals surface area contributed by atoms with Crippen LogP contribution in [0, 0.1) is 12.7 Å². The van der Waals surface area contributed by atoms with Crippen LogP contribution in [-0.4, -0.2) is 68.3 Å². The number of hydrogen-bond acceptors (Lipinski definition) is 5. The number of aliphatic hydroxyl groups excluding tert-OH is 1. The number of benzene rings is 1.